The van der Waals surface area contributed by atoms with Crippen molar-refractivity contribution in [1.29, 1.82) is 0 Å². The number of methoxy groups -OCH3 is 1. The van der Waals surface area contributed by atoms with Crippen LogP contribution in [0.2, 0.25) is 0 Å². The Morgan fingerprint density at radius 1 is 1.12 bits per heavy atom. The van der Waals surface area contributed by atoms with Crippen LogP contribution in [0.5, 0.6) is 5.75 Å². The summed E-state index contributed by atoms with van der Waals surface area (Å²) in [6.45, 7) is 2.15. The molecule has 1 N–H and O–H groups in total. The van der Waals surface area contributed by atoms with E-state index < -0.39 is 0 Å². The van der Waals surface area contributed by atoms with E-state index in [2.05, 4.69) is 5.32 Å². The lowest BCUT2D eigenvalue weighted by atomic mass is 10.2. The monoisotopic (exact) mass is 331 g/mol. The maximum absolute atomic E-state index is 12.4. The summed E-state index contributed by atoms with van der Waals surface area (Å²) >= 11 is 0. The molecule has 2 saturated heterocycles. The van der Waals surface area contributed by atoms with Gasteiger partial charge in [0.05, 0.1) is 13.2 Å². The first-order valence-electron chi connectivity index (χ1n) is 8.67. The van der Waals surface area contributed by atoms with E-state index in [1.165, 1.54) is 12.8 Å². The van der Waals surface area contributed by atoms with Gasteiger partial charge in [-0.3, -0.25) is 4.79 Å². The lowest BCUT2D eigenvalue weighted by Gasteiger charge is -2.23. The van der Waals surface area contributed by atoms with Crippen molar-refractivity contribution < 1.29 is 14.3 Å². The number of benzene rings is 1. The van der Waals surface area contributed by atoms with Crippen LogP contribution < -0.4 is 15.0 Å². The molecule has 2 fully saturated rings. The van der Waals surface area contributed by atoms with Crippen LogP contribution in [-0.4, -0.2) is 49.6 Å². The van der Waals surface area contributed by atoms with Gasteiger partial charge >= 0.3 is 6.03 Å². The molecule has 24 heavy (non-hydrogen) atoms. The molecule has 0 aromatic heterocycles. The third-order valence-corrected chi connectivity index (χ3v) is 4.73. The third kappa shape index (κ3) is 3.80. The topological polar surface area (TPSA) is 61.9 Å². The maximum Gasteiger partial charge on any atom is 0.317 e. The highest BCUT2D eigenvalue weighted by molar-refractivity contribution is 5.96. The minimum Gasteiger partial charge on any atom is -0.497 e. The number of hydrogen-bond acceptors (Lipinski definition) is 3. The van der Waals surface area contributed by atoms with Gasteiger partial charge in [-0.1, -0.05) is 12.8 Å². The van der Waals surface area contributed by atoms with E-state index in [0.29, 0.717) is 13.0 Å². The van der Waals surface area contributed by atoms with Crippen molar-refractivity contribution in [2.75, 3.05) is 31.6 Å². The summed E-state index contributed by atoms with van der Waals surface area (Å²) in [5.41, 5.74) is 0.840. The summed E-state index contributed by atoms with van der Waals surface area (Å²) in [4.78, 5) is 28.3. The van der Waals surface area contributed by atoms with Gasteiger partial charge in [0.15, 0.2) is 0 Å². The van der Waals surface area contributed by atoms with Crippen molar-refractivity contribution in [3.8, 4) is 5.75 Å². The Hall–Kier alpha value is -2.24. The Balaban J connectivity index is 1.58. The van der Waals surface area contributed by atoms with Crippen molar-refractivity contribution in [2.45, 2.75) is 38.1 Å². The Morgan fingerprint density at radius 3 is 2.42 bits per heavy atom. The minimum atomic E-state index is -0.129. The van der Waals surface area contributed by atoms with Crippen LogP contribution in [0.25, 0.3) is 0 Å². The molecule has 0 aliphatic carbocycles. The fraction of sp³-hybridized carbons (Fsp3) is 0.556. The normalized spacial score (nSPS) is 21.5. The molecule has 130 valence electrons. The molecule has 0 bridgehead atoms. The molecule has 2 heterocycles. The fourth-order valence-electron chi connectivity index (χ4n) is 3.36. The van der Waals surface area contributed by atoms with Gasteiger partial charge in [-0.2, -0.15) is 0 Å². The van der Waals surface area contributed by atoms with Crippen LogP contribution in [-0.2, 0) is 4.79 Å². The van der Waals surface area contributed by atoms with Gasteiger partial charge in [-0.05, 0) is 37.1 Å². The van der Waals surface area contributed by atoms with Gasteiger partial charge in [0.1, 0.15) is 5.75 Å². The Bertz CT molecular complexity index is 580. The quantitative estimate of drug-likeness (QED) is 0.925. The van der Waals surface area contributed by atoms with Crippen molar-refractivity contribution >= 4 is 17.6 Å². The summed E-state index contributed by atoms with van der Waals surface area (Å²) < 4.78 is 5.14. The second-order valence-corrected chi connectivity index (χ2v) is 6.45. The third-order valence-electron chi connectivity index (χ3n) is 4.73. The van der Waals surface area contributed by atoms with Gasteiger partial charge in [-0.25, -0.2) is 4.79 Å². The molecule has 2 aliphatic rings. The SMILES string of the molecule is COc1ccc(N2C[C@@H](NC(=O)N3CCCCCC3)CC2=O)cc1. The first-order chi connectivity index (χ1) is 11.7. The molecule has 3 rings (SSSR count). The first-order valence-corrected chi connectivity index (χ1v) is 8.67. The summed E-state index contributed by atoms with van der Waals surface area (Å²) in [7, 11) is 1.62. The first kappa shape index (κ1) is 16.6. The molecule has 1 aromatic rings. The second kappa shape index (κ2) is 7.55. The number of amides is 3. The lowest BCUT2D eigenvalue weighted by molar-refractivity contribution is -0.117. The molecule has 1 atom stereocenters. The summed E-state index contributed by atoms with van der Waals surface area (Å²) in [5, 5.41) is 3.03. The van der Waals surface area contributed by atoms with E-state index in [9.17, 15) is 9.59 Å². The second-order valence-electron chi connectivity index (χ2n) is 6.45. The van der Waals surface area contributed by atoms with Crippen molar-refractivity contribution in [1.82, 2.24) is 10.2 Å². The predicted molar refractivity (Wildman–Crippen MR) is 92.3 cm³/mol. The molecule has 1 aromatic carbocycles. The zero-order chi connectivity index (χ0) is 16.9. The highest BCUT2D eigenvalue weighted by atomic mass is 16.5. The van der Waals surface area contributed by atoms with Crippen LogP contribution in [0.15, 0.2) is 24.3 Å². The zero-order valence-electron chi connectivity index (χ0n) is 14.2. The van der Waals surface area contributed by atoms with Gasteiger partial charge < -0.3 is 19.9 Å². The molecule has 0 saturated carbocycles. The molecule has 0 unspecified atom stereocenters. The van der Waals surface area contributed by atoms with E-state index in [1.807, 2.05) is 29.2 Å². The number of urea groups is 1. The van der Waals surface area contributed by atoms with Gasteiger partial charge in [0, 0.05) is 31.7 Å². The van der Waals surface area contributed by atoms with Crippen LogP contribution in [0.3, 0.4) is 0 Å². The Morgan fingerprint density at radius 2 is 1.79 bits per heavy atom. The van der Waals surface area contributed by atoms with Crippen molar-refractivity contribution in [2.24, 2.45) is 0 Å². The number of nitrogens with one attached hydrogen (secondary N) is 1. The van der Waals surface area contributed by atoms with Crippen LogP contribution in [0, 0.1) is 0 Å². The number of hydrogen-bond donors (Lipinski definition) is 1. The summed E-state index contributed by atoms with van der Waals surface area (Å²) in [5.74, 6) is 0.803. The number of likely N-dealkylation sites (tertiary alicyclic amines) is 1. The molecule has 0 spiro atoms. The van der Waals surface area contributed by atoms with E-state index in [0.717, 1.165) is 37.4 Å². The van der Waals surface area contributed by atoms with Crippen molar-refractivity contribution in [3.63, 3.8) is 0 Å². The predicted octanol–water partition coefficient (Wildman–Crippen LogP) is 2.39. The molecular weight excluding hydrogens is 306 g/mol. The number of carbonyl (C=O) groups excluding carboxylic acids is 2. The largest absolute Gasteiger partial charge is 0.497 e. The number of carbonyl (C=O) groups is 2. The molecule has 6 heteroatoms. The molecular formula is C18H25N3O3. The number of anilines is 1. The standard InChI is InChI=1S/C18H25N3O3/c1-24-16-8-6-15(7-9-16)21-13-14(12-17(21)22)19-18(23)20-10-4-2-3-5-11-20/h6-9,14H,2-5,10-13H2,1H3,(H,19,23)/t14-/m0/s1. The van der Waals surface area contributed by atoms with Gasteiger partial charge in [0.2, 0.25) is 5.91 Å². The zero-order valence-corrected chi connectivity index (χ0v) is 14.2. The average Bonchev–Trinajstić information content (AvgIpc) is 2.80. The van der Waals surface area contributed by atoms with E-state index in [1.54, 1.807) is 12.0 Å². The number of nitrogens with zero attached hydrogens (tertiary/aromatic N) is 2. The Labute approximate surface area is 142 Å². The molecule has 2 aliphatic heterocycles. The van der Waals surface area contributed by atoms with Crippen LogP contribution in [0.4, 0.5) is 10.5 Å². The molecule has 6 nitrogen and oxygen atoms in total. The van der Waals surface area contributed by atoms with E-state index in [4.69, 9.17) is 4.74 Å². The molecule has 0 radical (unpaired) electrons. The summed E-state index contributed by atoms with van der Waals surface area (Å²) in [6.07, 6.45) is 4.86. The lowest BCUT2D eigenvalue weighted by Crippen LogP contribution is -2.46. The Kier molecular flexibility index (Phi) is 5.23. The fourth-order valence-corrected chi connectivity index (χ4v) is 3.36. The van der Waals surface area contributed by atoms with E-state index >= 15 is 0 Å². The highest BCUT2D eigenvalue weighted by Crippen LogP contribution is 2.24. The average molecular weight is 331 g/mol. The van der Waals surface area contributed by atoms with Gasteiger partial charge in [0.25, 0.3) is 0 Å². The number of rotatable bonds is 3. The minimum absolute atomic E-state index is 0.0359. The van der Waals surface area contributed by atoms with Crippen LogP contribution in [0.1, 0.15) is 32.1 Å². The van der Waals surface area contributed by atoms with Gasteiger partial charge in [-0.15, -0.1) is 0 Å². The number of ether oxygens (including phenoxy) is 1. The highest BCUT2D eigenvalue weighted by Gasteiger charge is 2.32. The van der Waals surface area contributed by atoms with E-state index in [-0.39, 0.29) is 18.0 Å². The maximum atomic E-state index is 12.4. The summed E-state index contributed by atoms with van der Waals surface area (Å²) in [6, 6.07) is 7.25. The van der Waals surface area contributed by atoms with Crippen molar-refractivity contribution in [3.05, 3.63) is 24.3 Å². The molecule has 3 amide bonds. The van der Waals surface area contributed by atoms with Crippen LogP contribution >= 0.6 is 0 Å². The smallest absolute Gasteiger partial charge is 0.317 e.